The van der Waals surface area contributed by atoms with Gasteiger partial charge in [0.2, 0.25) is 5.91 Å². The second-order valence-corrected chi connectivity index (χ2v) is 6.18. The average molecular weight is 288 g/mol. The first-order valence-corrected chi connectivity index (χ1v) is 7.91. The predicted octanol–water partition coefficient (Wildman–Crippen LogP) is 2.16. The molecular formula is C17H24N2O2. The molecule has 2 aliphatic rings. The predicted molar refractivity (Wildman–Crippen MR) is 81.8 cm³/mol. The van der Waals surface area contributed by atoms with Gasteiger partial charge in [-0.15, -0.1) is 0 Å². The van der Waals surface area contributed by atoms with Crippen molar-refractivity contribution in [1.82, 2.24) is 4.90 Å². The number of hydrogen-bond acceptors (Lipinski definition) is 3. The van der Waals surface area contributed by atoms with Crippen molar-refractivity contribution in [3.8, 4) is 0 Å². The summed E-state index contributed by atoms with van der Waals surface area (Å²) in [6.07, 6.45) is 4.69. The largest absolute Gasteiger partial charge is 0.374 e. The van der Waals surface area contributed by atoms with Gasteiger partial charge >= 0.3 is 0 Å². The third kappa shape index (κ3) is 2.97. The molecule has 1 amide bonds. The molecule has 0 spiro atoms. The van der Waals surface area contributed by atoms with E-state index in [2.05, 4.69) is 0 Å². The molecule has 0 radical (unpaired) electrons. The number of aryl methyl sites for hydroxylation is 1. The maximum atomic E-state index is 12.8. The quantitative estimate of drug-likeness (QED) is 0.907. The van der Waals surface area contributed by atoms with Crippen LogP contribution in [0.15, 0.2) is 24.3 Å². The van der Waals surface area contributed by atoms with Crippen LogP contribution in [0.3, 0.4) is 0 Å². The van der Waals surface area contributed by atoms with E-state index in [4.69, 9.17) is 10.5 Å². The standard InChI is InChI=1S/C17H24N2O2/c1-12-6-8-13(9-7-12)16(18)17(20)19-10-11-21-15-5-3-2-4-14(15)19/h6-9,14-16H,2-5,10-11,18H2,1H3. The van der Waals surface area contributed by atoms with Crippen LogP contribution in [0, 0.1) is 6.92 Å². The number of carbonyl (C=O) groups excluding carboxylic acids is 1. The van der Waals surface area contributed by atoms with Crippen LogP contribution in [0.25, 0.3) is 0 Å². The molecule has 1 saturated heterocycles. The molecule has 2 N–H and O–H groups in total. The lowest BCUT2D eigenvalue weighted by Crippen LogP contribution is -2.56. The summed E-state index contributed by atoms with van der Waals surface area (Å²) < 4.78 is 5.83. The number of nitrogens with two attached hydrogens (primary N) is 1. The third-order valence-corrected chi connectivity index (χ3v) is 4.72. The summed E-state index contributed by atoms with van der Waals surface area (Å²) in [5.41, 5.74) is 8.28. The SMILES string of the molecule is Cc1ccc(C(N)C(=O)N2CCOC3CCCCC32)cc1. The Labute approximate surface area is 126 Å². The number of benzene rings is 1. The van der Waals surface area contributed by atoms with Crippen molar-refractivity contribution in [1.29, 1.82) is 0 Å². The van der Waals surface area contributed by atoms with Crippen LogP contribution in [0.2, 0.25) is 0 Å². The zero-order valence-corrected chi connectivity index (χ0v) is 12.6. The Hall–Kier alpha value is -1.39. The van der Waals surface area contributed by atoms with Crippen molar-refractivity contribution in [2.24, 2.45) is 5.73 Å². The highest BCUT2D eigenvalue weighted by Crippen LogP contribution is 2.30. The van der Waals surface area contributed by atoms with E-state index in [-0.39, 0.29) is 18.1 Å². The molecule has 3 rings (SSSR count). The Bertz CT molecular complexity index is 498. The first kappa shape index (κ1) is 14.5. The van der Waals surface area contributed by atoms with Crippen molar-refractivity contribution in [2.75, 3.05) is 13.2 Å². The normalized spacial score (nSPS) is 27.0. The topological polar surface area (TPSA) is 55.6 Å². The second-order valence-electron chi connectivity index (χ2n) is 6.18. The maximum absolute atomic E-state index is 12.8. The fourth-order valence-electron chi connectivity index (χ4n) is 3.47. The molecule has 1 aliphatic heterocycles. The van der Waals surface area contributed by atoms with Gasteiger partial charge in [0, 0.05) is 6.54 Å². The monoisotopic (exact) mass is 288 g/mol. The second kappa shape index (κ2) is 6.16. The zero-order valence-electron chi connectivity index (χ0n) is 12.6. The van der Waals surface area contributed by atoms with Crippen LogP contribution in [0.1, 0.15) is 42.9 Å². The fourth-order valence-corrected chi connectivity index (χ4v) is 3.47. The highest BCUT2D eigenvalue weighted by atomic mass is 16.5. The van der Waals surface area contributed by atoms with Crippen molar-refractivity contribution in [2.45, 2.75) is 50.8 Å². The molecule has 4 nitrogen and oxygen atoms in total. The molecule has 1 aliphatic carbocycles. The van der Waals surface area contributed by atoms with Crippen molar-refractivity contribution in [3.63, 3.8) is 0 Å². The van der Waals surface area contributed by atoms with E-state index in [1.807, 2.05) is 36.1 Å². The number of hydrogen-bond donors (Lipinski definition) is 1. The molecule has 0 aromatic heterocycles. The Morgan fingerprint density at radius 2 is 2.00 bits per heavy atom. The molecule has 1 aromatic rings. The Balaban J connectivity index is 1.75. The first-order chi connectivity index (χ1) is 10.2. The van der Waals surface area contributed by atoms with Gasteiger partial charge in [-0.05, 0) is 25.3 Å². The van der Waals surface area contributed by atoms with E-state index >= 15 is 0 Å². The summed E-state index contributed by atoms with van der Waals surface area (Å²) in [7, 11) is 0. The molecule has 3 unspecified atom stereocenters. The van der Waals surface area contributed by atoms with E-state index in [1.165, 1.54) is 18.4 Å². The van der Waals surface area contributed by atoms with Crippen LogP contribution in [0.4, 0.5) is 0 Å². The van der Waals surface area contributed by atoms with Gasteiger partial charge in [0.25, 0.3) is 0 Å². The van der Waals surface area contributed by atoms with Crippen molar-refractivity contribution in [3.05, 3.63) is 35.4 Å². The van der Waals surface area contributed by atoms with Gasteiger partial charge in [-0.3, -0.25) is 4.79 Å². The Kier molecular flexibility index (Phi) is 4.27. The van der Waals surface area contributed by atoms with Crippen LogP contribution >= 0.6 is 0 Å². The lowest BCUT2D eigenvalue weighted by molar-refractivity contribution is -0.151. The van der Waals surface area contributed by atoms with Gasteiger partial charge < -0.3 is 15.4 Å². The summed E-state index contributed by atoms with van der Waals surface area (Å²) in [5.74, 6) is 0.0408. The van der Waals surface area contributed by atoms with Crippen LogP contribution in [-0.2, 0) is 9.53 Å². The van der Waals surface area contributed by atoms with Crippen molar-refractivity contribution < 1.29 is 9.53 Å². The fraction of sp³-hybridized carbons (Fsp3) is 0.588. The zero-order chi connectivity index (χ0) is 14.8. The molecule has 1 saturated carbocycles. The molecule has 4 heteroatoms. The summed E-state index contributed by atoms with van der Waals surface area (Å²) >= 11 is 0. The van der Waals surface area contributed by atoms with E-state index in [0.29, 0.717) is 13.2 Å². The van der Waals surface area contributed by atoms with Gasteiger partial charge in [0.15, 0.2) is 0 Å². The maximum Gasteiger partial charge on any atom is 0.244 e. The number of amides is 1. The molecule has 0 bridgehead atoms. The van der Waals surface area contributed by atoms with Crippen molar-refractivity contribution >= 4 is 5.91 Å². The molecule has 114 valence electrons. The lowest BCUT2D eigenvalue weighted by atomic mass is 9.89. The van der Waals surface area contributed by atoms with E-state index in [0.717, 1.165) is 18.4 Å². The molecule has 2 fully saturated rings. The summed E-state index contributed by atoms with van der Waals surface area (Å²) in [4.78, 5) is 14.8. The minimum Gasteiger partial charge on any atom is -0.374 e. The minimum atomic E-state index is -0.564. The highest BCUT2D eigenvalue weighted by molar-refractivity contribution is 5.83. The number of fused-ring (bicyclic) bond motifs is 1. The van der Waals surface area contributed by atoms with Gasteiger partial charge in [-0.2, -0.15) is 0 Å². The van der Waals surface area contributed by atoms with Crippen LogP contribution in [-0.4, -0.2) is 36.1 Å². The summed E-state index contributed by atoms with van der Waals surface area (Å²) in [6, 6.07) is 7.58. The number of carbonyl (C=O) groups is 1. The molecular weight excluding hydrogens is 264 g/mol. The van der Waals surface area contributed by atoms with Gasteiger partial charge in [-0.1, -0.05) is 42.7 Å². The summed E-state index contributed by atoms with van der Waals surface area (Å²) in [6.45, 7) is 3.33. The van der Waals surface area contributed by atoms with Gasteiger partial charge in [0.1, 0.15) is 6.04 Å². The van der Waals surface area contributed by atoms with E-state index in [9.17, 15) is 4.79 Å². The van der Waals surface area contributed by atoms with E-state index < -0.39 is 6.04 Å². The van der Waals surface area contributed by atoms with Gasteiger partial charge in [-0.25, -0.2) is 0 Å². The third-order valence-electron chi connectivity index (χ3n) is 4.72. The van der Waals surface area contributed by atoms with Gasteiger partial charge in [0.05, 0.1) is 18.8 Å². The van der Waals surface area contributed by atoms with E-state index in [1.54, 1.807) is 0 Å². The smallest absolute Gasteiger partial charge is 0.244 e. The number of nitrogens with zero attached hydrogens (tertiary/aromatic N) is 1. The molecule has 3 atom stereocenters. The number of morpholine rings is 1. The Morgan fingerprint density at radius 3 is 2.76 bits per heavy atom. The van der Waals surface area contributed by atoms with Crippen LogP contribution < -0.4 is 5.73 Å². The average Bonchev–Trinajstić information content (AvgIpc) is 2.53. The highest BCUT2D eigenvalue weighted by Gasteiger charge is 2.38. The van der Waals surface area contributed by atoms with Crippen LogP contribution in [0.5, 0.6) is 0 Å². The number of rotatable bonds is 2. The molecule has 1 heterocycles. The minimum absolute atomic E-state index is 0.0408. The Morgan fingerprint density at radius 1 is 1.29 bits per heavy atom. The lowest BCUT2D eigenvalue weighted by Gasteiger charge is -2.44. The first-order valence-electron chi connectivity index (χ1n) is 7.91. The molecule has 21 heavy (non-hydrogen) atoms. The molecule has 1 aromatic carbocycles. The summed E-state index contributed by atoms with van der Waals surface area (Å²) in [5, 5.41) is 0. The number of ether oxygens (including phenoxy) is 1.